The summed E-state index contributed by atoms with van der Waals surface area (Å²) in [5.74, 6) is -1.09. The highest BCUT2D eigenvalue weighted by atomic mass is 19.1. The van der Waals surface area contributed by atoms with Gasteiger partial charge in [0.25, 0.3) is 5.91 Å². The first-order valence-corrected chi connectivity index (χ1v) is 7.04. The molecule has 3 rings (SSSR count). The highest BCUT2D eigenvalue weighted by Gasteiger charge is 2.12. The predicted molar refractivity (Wildman–Crippen MR) is 85.9 cm³/mol. The molecule has 0 radical (unpaired) electrons. The van der Waals surface area contributed by atoms with E-state index in [1.165, 1.54) is 30.3 Å². The molecule has 0 aliphatic carbocycles. The van der Waals surface area contributed by atoms with Crippen LogP contribution in [0.3, 0.4) is 0 Å². The van der Waals surface area contributed by atoms with Crippen LogP contribution in [0.2, 0.25) is 0 Å². The molecule has 0 unspecified atom stereocenters. The SMILES string of the molecule is C=Cc1cc(F)cc2cc(C(=O)NCc3cccc(F)c3)[nH]c12. The standard InChI is InChI=1S/C18H14F2N2O/c1-2-12-7-15(20)8-13-9-16(22-17(12)13)18(23)21-10-11-4-3-5-14(19)6-11/h2-9,22H,1,10H2,(H,21,23). The van der Waals surface area contributed by atoms with Crippen LogP contribution in [0.5, 0.6) is 0 Å². The molecule has 0 atom stereocenters. The minimum absolute atomic E-state index is 0.203. The van der Waals surface area contributed by atoms with Gasteiger partial charge in [-0.3, -0.25) is 4.79 Å². The second-order valence-electron chi connectivity index (χ2n) is 5.16. The Bertz CT molecular complexity index is 899. The molecule has 0 fully saturated rings. The molecule has 116 valence electrons. The molecule has 1 amide bonds. The summed E-state index contributed by atoms with van der Waals surface area (Å²) in [4.78, 5) is 15.2. The fourth-order valence-electron chi connectivity index (χ4n) is 2.44. The molecule has 0 spiro atoms. The number of amides is 1. The molecular weight excluding hydrogens is 298 g/mol. The lowest BCUT2D eigenvalue weighted by Crippen LogP contribution is -2.23. The number of hydrogen-bond acceptors (Lipinski definition) is 1. The third-order valence-electron chi connectivity index (χ3n) is 3.53. The van der Waals surface area contributed by atoms with Gasteiger partial charge in [0.1, 0.15) is 17.3 Å². The monoisotopic (exact) mass is 312 g/mol. The van der Waals surface area contributed by atoms with E-state index in [-0.39, 0.29) is 18.3 Å². The first-order valence-electron chi connectivity index (χ1n) is 7.04. The Morgan fingerprint density at radius 2 is 2.00 bits per heavy atom. The van der Waals surface area contributed by atoms with Crippen LogP contribution in [0.25, 0.3) is 17.0 Å². The van der Waals surface area contributed by atoms with Gasteiger partial charge >= 0.3 is 0 Å². The molecule has 3 aromatic rings. The molecule has 2 N–H and O–H groups in total. The van der Waals surface area contributed by atoms with Crippen LogP contribution in [0.4, 0.5) is 8.78 Å². The lowest BCUT2D eigenvalue weighted by atomic mass is 10.1. The van der Waals surface area contributed by atoms with E-state index in [4.69, 9.17) is 0 Å². The summed E-state index contributed by atoms with van der Waals surface area (Å²) in [5, 5.41) is 3.29. The Balaban J connectivity index is 1.82. The van der Waals surface area contributed by atoms with Gasteiger partial charge < -0.3 is 10.3 Å². The third-order valence-corrected chi connectivity index (χ3v) is 3.53. The molecule has 23 heavy (non-hydrogen) atoms. The number of aromatic nitrogens is 1. The number of hydrogen-bond donors (Lipinski definition) is 2. The summed E-state index contributed by atoms with van der Waals surface area (Å²) >= 11 is 0. The van der Waals surface area contributed by atoms with Crippen molar-refractivity contribution in [1.29, 1.82) is 0 Å². The second-order valence-corrected chi connectivity index (χ2v) is 5.16. The summed E-state index contributed by atoms with van der Waals surface area (Å²) < 4.78 is 26.6. The Kier molecular flexibility index (Phi) is 3.93. The Hall–Kier alpha value is -2.95. The van der Waals surface area contributed by atoms with Gasteiger partial charge in [0.15, 0.2) is 0 Å². The van der Waals surface area contributed by atoms with E-state index in [1.54, 1.807) is 18.2 Å². The van der Waals surface area contributed by atoms with Crippen molar-refractivity contribution >= 4 is 22.9 Å². The van der Waals surface area contributed by atoms with E-state index in [2.05, 4.69) is 16.9 Å². The lowest BCUT2D eigenvalue weighted by Gasteiger charge is -2.04. The van der Waals surface area contributed by atoms with Crippen molar-refractivity contribution in [3.63, 3.8) is 0 Å². The largest absolute Gasteiger partial charge is 0.350 e. The maximum Gasteiger partial charge on any atom is 0.267 e. The first-order chi connectivity index (χ1) is 11.1. The van der Waals surface area contributed by atoms with Crippen molar-refractivity contribution in [2.45, 2.75) is 6.54 Å². The van der Waals surface area contributed by atoms with Crippen molar-refractivity contribution in [2.75, 3.05) is 0 Å². The molecule has 0 saturated carbocycles. The topological polar surface area (TPSA) is 44.9 Å². The van der Waals surface area contributed by atoms with Crippen molar-refractivity contribution in [3.05, 3.63) is 77.5 Å². The van der Waals surface area contributed by atoms with Gasteiger partial charge in [0.05, 0.1) is 5.52 Å². The number of aromatic amines is 1. The van der Waals surface area contributed by atoms with Gasteiger partial charge in [0, 0.05) is 17.5 Å². The van der Waals surface area contributed by atoms with Crippen LogP contribution in [-0.4, -0.2) is 10.9 Å². The lowest BCUT2D eigenvalue weighted by molar-refractivity contribution is 0.0946. The van der Waals surface area contributed by atoms with Crippen LogP contribution in [0.1, 0.15) is 21.6 Å². The fourth-order valence-corrected chi connectivity index (χ4v) is 2.44. The van der Waals surface area contributed by atoms with Crippen molar-refractivity contribution in [1.82, 2.24) is 10.3 Å². The minimum Gasteiger partial charge on any atom is -0.350 e. The summed E-state index contributed by atoms with van der Waals surface area (Å²) in [6.07, 6.45) is 1.52. The molecule has 0 aliphatic rings. The van der Waals surface area contributed by atoms with Gasteiger partial charge in [-0.2, -0.15) is 0 Å². The molecular formula is C18H14F2N2O. The zero-order chi connectivity index (χ0) is 16.4. The number of H-pyrrole nitrogens is 1. The Morgan fingerprint density at radius 3 is 2.74 bits per heavy atom. The van der Waals surface area contributed by atoms with Gasteiger partial charge in [-0.05, 0) is 35.9 Å². The van der Waals surface area contributed by atoms with E-state index in [0.29, 0.717) is 27.7 Å². The smallest absolute Gasteiger partial charge is 0.267 e. The predicted octanol–water partition coefficient (Wildman–Crippen LogP) is 4.02. The molecule has 0 aliphatic heterocycles. The average molecular weight is 312 g/mol. The maximum atomic E-state index is 13.5. The van der Waals surface area contributed by atoms with E-state index in [9.17, 15) is 13.6 Å². The highest BCUT2D eigenvalue weighted by Crippen LogP contribution is 2.22. The molecule has 2 aromatic carbocycles. The van der Waals surface area contributed by atoms with Crippen molar-refractivity contribution < 1.29 is 13.6 Å². The summed E-state index contributed by atoms with van der Waals surface area (Å²) in [5.41, 5.74) is 2.21. The number of carbonyl (C=O) groups excluding carboxylic acids is 1. The van der Waals surface area contributed by atoms with Crippen LogP contribution in [0, 0.1) is 11.6 Å². The minimum atomic E-state index is -0.391. The summed E-state index contributed by atoms with van der Waals surface area (Å²) in [6, 6.07) is 10.3. The Labute approximate surface area is 131 Å². The van der Waals surface area contributed by atoms with Crippen molar-refractivity contribution in [2.24, 2.45) is 0 Å². The zero-order valence-electron chi connectivity index (χ0n) is 12.2. The summed E-state index contributed by atoms with van der Waals surface area (Å²) in [7, 11) is 0. The summed E-state index contributed by atoms with van der Waals surface area (Å²) in [6.45, 7) is 3.84. The van der Waals surface area contributed by atoms with E-state index >= 15 is 0 Å². The molecule has 0 saturated heterocycles. The number of carbonyl (C=O) groups is 1. The van der Waals surface area contributed by atoms with Crippen LogP contribution in [-0.2, 0) is 6.54 Å². The fraction of sp³-hybridized carbons (Fsp3) is 0.0556. The second kappa shape index (κ2) is 6.04. The van der Waals surface area contributed by atoms with Gasteiger partial charge in [-0.15, -0.1) is 0 Å². The number of benzene rings is 2. The average Bonchev–Trinajstić information content (AvgIpc) is 2.95. The number of halogens is 2. The van der Waals surface area contributed by atoms with Gasteiger partial charge in [-0.25, -0.2) is 8.78 Å². The van der Waals surface area contributed by atoms with Crippen molar-refractivity contribution in [3.8, 4) is 0 Å². The normalized spacial score (nSPS) is 10.7. The van der Waals surface area contributed by atoms with E-state index in [0.717, 1.165) is 0 Å². The highest BCUT2D eigenvalue weighted by molar-refractivity contribution is 5.99. The molecule has 1 heterocycles. The van der Waals surface area contributed by atoms with E-state index < -0.39 is 5.82 Å². The first kappa shape index (κ1) is 15.0. The zero-order valence-corrected chi connectivity index (χ0v) is 12.2. The maximum absolute atomic E-state index is 13.5. The number of fused-ring (bicyclic) bond motifs is 1. The quantitative estimate of drug-likeness (QED) is 0.751. The molecule has 3 nitrogen and oxygen atoms in total. The van der Waals surface area contributed by atoms with Crippen LogP contribution < -0.4 is 5.32 Å². The van der Waals surface area contributed by atoms with E-state index in [1.807, 2.05) is 0 Å². The Morgan fingerprint density at radius 1 is 1.17 bits per heavy atom. The third kappa shape index (κ3) is 3.13. The molecule has 5 heteroatoms. The van der Waals surface area contributed by atoms with Gasteiger partial charge in [-0.1, -0.05) is 24.8 Å². The number of nitrogens with one attached hydrogen (secondary N) is 2. The van der Waals surface area contributed by atoms with Gasteiger partial charge in [0.2, 0.25) is 0 Å². The number of rotatable bonds is 4. The molecule has 1 aromatic heterocycles. The van der Waals surface area contributed by atoms with Crippen LogP contribution >= 0.6 is 0 Å². The molecule has 0 bridgehead atoms. The van der Waals surface area contributed by atoms with Crippen LogP contribution in [0.15, 0.2) is 49.0 Å².